The molecule has 0 aromatic carbocycles. The van der Waals surface area contributed by atoms with Crippen molar-refractivity contribution < 1.29 is 14.3 Å². The molecule has 0 aliphatic carbocycles. The van der Waals surface area contributed by atoms with Crippen LogP contribution in [0.25, 0.3) is 0 Å². The molecule has 5 heteroatoms. The van der Waals surface area contributed by atoms with E-state index in [2.05, 4.69) is 10.2 Å². The van der Waals surface area contributed by atoms with Crippen LogP contribution in [0.15, 0.2) is 0 Å². The molecule has 0 rings (SSSR count). The van der Waals surface area contributed by atoms with Gasteiger partial charge in [0.25, 0.3) is 0 Å². The van der Waals surface area contributed by atoms with Crippen molar-refractivity contribution in [1.82, 2.24) is 10.4 Å². The van der Waals surface area contributed by atoms with E-state index in [0.29, 0.717) is 6.41 Å². The molecule has 0 fully saturated rings. The molecule has 0 heterocycles. The van der Waals surface area contributed by atoms with Gasteiger partial charge in [-0.2, -0.15) is 0 Å². The lowest BCUT2D eigenvalue weighted by Gasteiger charge is -2.20. The standard InChI is InChI=1S/C6H12N2O3.CH4/c1-5(2)8(4-9)7-6(10)11-3;/h4-5H,1-3H3,(H,7,10);1H4. The van der Waals surface area contributed by atoms with Crippen LogP contribution in [-0.2, 0) is 9.53 Å². The van der Waals surface area contributed by atoms with Crippen LogP contribution in [0.3, 0.4) is 0 Å². The fourth-order valence-corrected chi connectivity index (χ4v) is 0.428. The highest BCUT2D eigenvalue weighted by atomic mass is 16.5. The van der Waals surface area contributed by atoms with Gasteiger partial charge >= 0.3 is 6.09 Å². The van der Waals surface area contributed by atoms with Gasteiger partial charge in [0.05, 0.1) is 7.11 Å². The van der Waals surface area contributed by atoms with E-state index in [1.807, 2.05) is 0 Å². The fraction of sp³-hybridized carbons (Fsp3) is 0.714. The lowest BCUT2D eigenvalue weighted by Crippen LogP contribution is -2.45. The van der Waals surface area contributed by atoms with E-state index in [0.717, 1.165) is 5.01 Å². The third kappa shape index (κ3) is 4.54. The maximum atomic E-state index is 10.6. The van der Waals surface area contributed by atoms with E-state index in [1.54, 1.807) is 13.8 Å². The van der Waals surface area contributed by atoms with Gasteiger partial charge in [0.1, 0.15) is 0 Å². The second kappa shape index (κ2) is 6.45. The summed E-state index contributed by atoms with van der Waals surface area (Å²) < 4.78 is 4.28. The molecule has 0 radical (unpaired) electrons. The number of carbonyl (C=O) groups excluding carboxylic acids is 2. The van der Waals surface area contributed by atoms with Gasteiger partial charge in [-0.05, 0) is 13.8 Å². The molecule has 12 heavy (non-hydrogen) atoms. The Morgan fingerprint density at radius 2 is 2.08 bits per heavy atom. The highest BCUT2D eigenvalue weighted by molar-refractivity contribution is 5.68. The molecular formula is C7H16N2O3. The minimum atomic E-state index is -0.647. The first kappa shape index (κ1) is 13.3. The van der Waals surface area contributed by atoms with Gasteiger partial charge in [0.2, 0.25) is 6.41 Å². The zero-order valence-electron chi connectivity index (χ0n) is 6.83. The van der Waals surface area contributed by atoms with Crippen molar-refractivity contribution in [1.29, 1.82) is 0 Å². The average molecular weight is 176 g/mol. The van der Waals surface area contributed by atoms with Crippen molar-refractivity contribution in [2.45, 2.75) is 27.3 Å². The van der Waals surface area contributed by atoms with Crippen molar-refractivity contribution >= 4 is 12.5 Å². The SMILES string of the molecule is C.COC(=O)NN(C=O)C(C)C. The molecule has 0 saturated carbocycles. The summed E-state index contributed by atoms with van der Waals surface area (Å²) in [6.45, 7) is 3.54. The van der Waals surface area contributed by atoms with E-state index in [9.17, 15) is 9.59 Å². The number of nitrogens with one attached hydrogen (secondary N) is 1. The quantitative estimate of drug-likeness (QED) is 0.510. The predicted molar refractivity (Wildman–Crippen MR) is 45.3 cm³/mol. The minimum absolute atomic E-state index is 0. The van der Waals surface area contributed by atoms with Crippen LogP contribution in [0.4, 0.5) is 4.79 Å². The summed E-state index contributed by atoms with van der Waals surface area (Å²) in [5, 5.41) is 1.12. The van der Waals surface area contributed by atoms with E-state index in [-0.39, 0.29) is 13.5 Å². The molecule has 72 valence electrons. The Bertz CT molecular complexity index is 148. The molecule has 0 aromatic heterocycles. The van der Waals surface area contributed by atoms with Gasteiger partial charge in [0, 0.05) is 6.04 Å². The molecule has 0 saturated heterocycles. The highest BCUT2D eigenvalue weighted by Crippen LogP contribution is 1.88. The van der Waals surface area contributed by atoms with E-state index in [4.69, 9.17) is 0 Å². The first-order valence-electron chi connectivity index (χ1n) is 3.20. The molecule has 0 spiro atoms. The Morgan fingerprint density at radius 1 is 1.58 bits per heavy atom. The van der Waals surface area contributed by atoms with Crippen molar-refractivity contribution in [2.24, 2.45) is 0 Å². The average Bonchev–Trinajstić information content (AvgIpc) is 1.99. The van der Waals surface area contributed by atoms with Crippen molar-refractivity contribution in [2.75, 3.05) is 7.11 Å². The number of ether oxygens (including phenoxy) is 1. The van der Waals surface area contributed by atoms with Gasteiger partial charge in [-0.1, -0.05) is 7.43 Å². The van der Waals surface area contributed by atoms with Crippen LogP contribution in [0, 0.1) is 0 Å². The number of rotatable bonds is 3. The summed E-state index contributed by atoms with van der Waals surface area (Å²) in [5.74, 6) is 0. The molecule has 0 bridgehead atoms. The molecule has 0 aliphatic heterocycles. The highest BCUT2D eigenvalue weighted by Gasteiger charge is 2.08. The molecule has 5 nitrogen and oxygen atoms in total. The first-order valence-corrected chi connectivity index (χ1v) is 3.20. The van der Waals surface area contributed by atoms with Gasteiger partial charge in [-0.15, -0.1) is 0 Å². The van der Waals surface area contributed by atoms with Gasteiger partial charge < -0.3 is 4.74 Å². The Hall–Kier alpha value is -1.26. The summed E-state index contributed by atoms with van der Waals surface area (Å²) in [7, 11) is 1.23. The Balaban J connectivity index is 0. The molecule has 1 N–H and O–H groups in total. The number of hydrazine groups is 1. The normalized spacial score (nSPS) is 8.33. The smallest absolute Gasteiger partial charge is 0.425 e. The summed E-state index contributed by atoms with van der Waals surface area (Å²) in [6.07, 6.45) is -0.118. The third-order valence-electron chi connectivity index (χ3n) is 1.08. The summed E-state index contributed by atoms with van der Waals surface area (Å²) in [4.78, 5) is 20.8. The van der Waals surface area contributed by atoms with Crippen LogP contribution in [0.1, 0.15) is 21.3 Å². The monoisotopic (exact) mass is 176 g/mol. The second-order valence-corrected chi connectivity index (χ2v) is 2.21. The number of carbonyl (C=O) groups is 2. The molecule has 0 unspecified atom stereocenters. The molecule has 0 atom stereocenters. The predicted octanol–water partition coefficient (Wildman–Crippen LogP) is 0.760. The van der Waals surface area contributed by atoms with Crippen molar-refractivity contribution in [3.05, 3.63) is 0 Å². The Kier molecular flexibility index (Phi) is 7.17. The summed E-state index contributed by atoms with van der Waals surface area (Å²) >= 11 is 0. The topological polar surface area (TPSA) is 58.6 Å². The van der Waals surface area contributed by atoms with Crippen LogP contribution in [-0.4, -0.2) is 30.7 Å². The first-order chi connectivity index (χ1) is 5.11. The molecule has 0 aliphatic rings. The lowest BCUT2D eigenvalue weighted by molar-refractivity contribution is -0.122. The van der Waals surface area contributed by atoms with Gasteiger partial charge in [0.15, 0.2) is 0 Å². The fourth-order valence-electron chi connectivity index (χ4n) is 0.428. The van der Waals surface area contributed by atoms with Gasteiger partial charge in [-0.25, -0.2) is 10.2 Å². The lowest BCUT2D eigenvalue weighted by atomic mass is 10.4. The maximum absolute atomic E-state index is 10.6. The van der Waals surface area contributed by atoms with E-state index in [1.165, 1.54) is 7.11 Å². The summed E-state index contributed by atoms with van der Waals surface area (Å²) in [5.41, 5.74) is 2.22. The van der Waals surface area contributed by atoms with Crippen LogP contribution in [0.5, 0.6) is 0 Å². The zero-order chi connectivity index (χ0) is 8.85. The van der Waals surface area contributed by atoms with Crippen LogP contribution < -0.4 is 5.43 Å². The number of amides is 2. The Labute approximate surface area is 72.7 Å². The van der Waals surface area contributed by atoms with E-state index < -0.39 is 6.09 Å². The second-order valence-electron chi connectivity index (χ2n) is 2.21. The minimum Gasteiger partial charge on any atom is -0.452 e. The van der Waals surface area contributed by atoms with E-state index >= 15 is 0 Å². The molecule has 2 amide bonds. The van der Waals surface area contributed by atoms with Crippen LogP contribution >= 0.6 is 0 Å². The number of methoxy groups -OCH3 is 1. The number of nitrogens with zero attached hydrogens (tertiary/aromatic N) is 1. The van der Waals surface area contributed by atoms with Crippen molar-refractivity contribution in [3.8, 4) is 0 Å². The summed E-state index contributed by atoms with van der Waals surface area (Å²) in [6, 6.07) is -0.0772. The number of hydrogen-bond acceptors (Lipinski definition) is 3. The van der Waals surface area contributed by atoms with Crippen molar-refractivity contribution in [3.63, 3.8) is 0 Å². The van der Waals surface area contributed by atoms with Gasteiger partial charge in [-0.3, -0.25) is 9.80 Å². The molecular weight excluding hydrogens is 160 g/mol. The number of hydrogen-bond donors (Lipinski definition) is 1. The van der Waals surface area contributed by atoms with Crippen LogP contribution in [0.2, 0.25) is 0 Å². The molecule has 0 aromatic rings. The Morgan fingerprint density at radius 3 is 2.33 bits per heavy atom. The zero-order valence-corrected chi connectivity index (χ0v) is 6.83. The maximum Gasteiger partial charge on any atom is 0.425 e. The third-order valence-corrected chi connectivity index (χ3v) is 1.08. The largest absolute Gasteiger partial charge is 0.452 e.